The summed E-state index contributed by atoms with van der Waals surface area (Å²) in [4.78, 5) is 2.76. The maximum absolute atomic E-state index is 13.0. The molecule has 23 heavy (non-hydrogen) atoms. The van der Waals surface area contributed by atoms with E-state index in [2.05, 4.69) is 4.90 Å². The van der Waals surface area contributed by atoms with Gasteiger partial charge in [0.2, 0.25) is 0 Å². The molecule has 0 aliphatic carbocycles. The van der Waals surface area contributed by atoms with Gasteiger partial charge in [0.25, 0.3) is 0 Å². The maximum Gasteiger partial charge on any atom is 0.182 e. The van der Waals surface area contributed by atoms with Crippen molar-refractivity contribution in [2.75, 3.05) is 19.6 Å². The van der Waals surface area contributed by atoms with Crippen molar-refractivity contribution in [3.05, 3.63) is 54.6 Å². The van der Waals surface area contributed by atoms with Crippen LogP contribution in [0.5, 0.6) is 0 Å². The predicted molar refractivity (Wildman–Crippen MR) is 92.0 cm³/mol. The van der Waals surface area contributed by atoms with Crippen molar-refractivity contribution < 1.29 is 8.42 Å². The minimum Gasteiger partial charge on any atom is -0.302 e. The lowest BCUT2D eigenvalue weighted by molar-refractivity contribution is 0.114. The first kappa shape index (κ1) is 14.9. The molecular weight excluding hydrogens is 306 g/mol. The first-order valence-corrected chi connectivity index (χ1v) is 9.81. The van der Waals surface area contributed by atoms with E-state index in [-0.39, 0.29) is 5.25 Å². The highest BCUT2D eigenvalue weighted by atomic mass is 32.2. The maximum atomic E-state index is 13.0. The lowest BCUT2D eigenvalue weighted by atomic mass is 9.88. The van der Waals surface area contributed by atoms with Crippen LogP contribution < -0.4 is 0 Å². The molecule has 4 heteroatoms. The monoisotopic (exact) mass is 327 g/mol. The molecule has 0 N–H and O–H groups in total. The van der Waals surface area contributed by atoms with Gasteiger partial charge >= 0.3 is 0 Å². The fraction of sp³-hybridized carbons (Fsp3) is 0.368. The summed E-state index contributed by atoms with van der Waals surface area (Å²) in [6.07, 6.45) is 2.04. The third-order valence-corrected chi connectivity index (χ3v) is 7.55. The van der Waals surface area contributed by atoms with Gasteiger partial charge in [0.15, 0.2) is 9.84 Å². The van der Waals surface area contributed by atoms with E-state index in [9.17, 15) is 8.42 Å². The molecule has 2 aromatic rings. The highest BCUT2D eigenvalue weighted by molar-refractivity contribution is 7.92. The molecule has 3 nitrogen and oxygen atoms in total. The number of sulfone groups is 1. The van der Waals surface area contributed by atoms with E-state index in [0.717, 1.165) is 37.1 Å². The molecule has 0 aromatic heterocycles. The van der Waals surface area contributed by atoms with Crippen LogP contribution in [0.3, 0.4) is 0 Å². The van der Waals surface area contributed by atoms with E-state index in [0.29, 0.717) is 17.4 Å². The van der Waals surface area contributed by atoms with E-state index in [1.165, 1.54) is 0 Å². The fourth-order valence-electron chi connectivity index (χ4n) is 3.90. The molecular formula is C19H21NO2S. The van der Waals surface area contributed by atoms with Crippen molar-refractivity contribution >= 4 is 9.84 Å². The second-order valence-corrected chi connectivity index (χ2v) is 8.78. The Morgan fingerprint density at radius 2 is 1.43 bits per heavy atom. The molecule has 2 bridgehead atoms. The van der Waals surface area contributed by atoms with Crippen molar-refractivity contribution in [3.8, 4) is 11.1 Å². The number of rotatable bonds is 3. The highest BCUT2D eigenvalue weighted by Crippen LogP contribution is 2.35. The van der Waals surface area contributed by atoms with Crippen LogP contribution in [-0.4, -0.2) is 38.2 Å². The van der Waals surface area contributed by atoms with Crippen LogP contribution in [0, 0.1) is 5.92 Å². The molecule has 3 aliphatic rings. The summed E-state index contributed by atoms with van der Waals surface area (Å²) < 4.78 is 26.0. The molecule has 0 amide bonds. The average Bonchev–Trinajstić information content (AvgIpc) is 2.63. The Labute approximate surface area is 137 Å². The van der Waals surface area contributed by atoms with Gasteiger partial charge in [-0.05, 0) is 55.1 Å². The van der Waals surface area contributed by atoms with Crippen molar-refractivity contribution in [2.24, 2.45) is 5.92 Å². The van der Waals surface area contributed by atoms with Gasteiger partial charge in [0, 0.05) is 6.54 Å². The Bertz CT molecular complexity index is 776. The summed E-state index contributed by atoms with van der Waals surface area (Å²) in [5.74, 6) is 0.332. The normalized spacial score (nSPS) is 27.0. The zero-order valence-electron chi connectivity index (χ0n) is 13.1. The van der Waals surface area contributed by atoms with Crippen LogP contribution in [0.15, 0.2) is 59.5 Å². The lowest BCUT2D eigenvalue weighted by Crippen LogP contribution is -2.53. The zero-order chi connectivity index (χ0) is 15.9. The summed E-state index contributed by atoms with van der Waals surface area (Å²) in [5.41, 5.74) is 2.16. The van der Waals surface area contributed by atoms with Gasteiger partial charge in [-0.3, -0.25) is 0 Å². The van der Waals surface area contributed by atoms with E-state index in [1.807, 2.05) is 42.5 Å². The summed E-state index contributed by atoms with van der Waals surface area (Å²) >= 11 is 0. The summed E-state index contributed by atoms with van der Waals surface area (Å²) in [7, 11) is -3.23. The Kier molecular flexibility index (Phi) is 3.74. The van der Waals surface area contributed by atoms with Crippen LogP contribution in [0.1, 0.15) is 12.8 Å². The number of piperidine rings is 3. The van der Waals surface area contributed by atoms with Gasteiger partial charge in [-0.25, -0.2) is 8.42 Å². The predicted octanol–water partition coefficient (Wildman–Crippen LogP) is 3.22. The molecule has 1 atom stereocenters. The Morgan fingerprint density at radius 1 is 0.826 bits per heavy atom. The highest BCUT2D eigenvalue weighted by Gasteiger charge is 2.42. The van der Waals surface area contributed by atoms with E-state index in [1.54, 1.807) is 12.1 Å². The zero-order valence-corrected chi connectivity index (χ0v) is 13.9. The average molecular weight is 327 g/mol. The quantitative estimate of drug-likeness (QED) is 0.868. The molecule has 3 heterocycles. The molecule has 0 spiro atoms. The Balaban J connectivity index is 1.62. The number of benzene rings is 2. The van der Waals surface area contributed by atoms with Gasteiger partial charge in [0.1, 0.15) is 0 Å². The third-order valence-electron chi connectivity index (χ3n) is 5.28. The number of hydrogen-bond acceptors (Lipinski definition) is 3. The van der Waals surface area contributed by atoms with E-state index in [4.69, 9.17) is 0 Å². The van der Waals surface area contributed by atoms with Gasteiger partial charge in [-0.1, -0.05) is 42.5 Å². The second-order valence-electron chi connectivity index (χ2n) is 6.61. The van der Waals surface area contributed by atoms with Gasteiger partial charge in [-0.15, -0.1) is 0 Å². The van der Waals surface area contributed by atoms with E-state index < -0.39 is 9.84 Å². The third kappa shape index (κ3) is 2.70. The van der Waals surface area contributed by atoms with E-state index >= 15 is 0 Å². The van der Waals surface area contributed by atoms with Gasteiger partial charge in [-0.2, -0.15) is 0 Å². The van der Waals surface area contributed by atoms with Crippen LogP contribution in [0.4, 0.5) is 0 Å². The summed E-state index contributed by atoms with van der Waals surface area (Å²) in [6, 6.07) is 17.4. The Morgan fingerprint density at radius 3 is 2.00 bits per heavy atom. The van der Waals surface area contributed by atoms with Crippen molar-refractivity contribution in [3.63, 3.8) is 0 Å². The van der Waals surface area contributed by atoms with Crippen LogP contribution in [0.25, 0.3) is 11.1 Å². The molecule has 120 valence electrons. The summed E-state index contributed by atoms with van der Waals surface area (Å²) in [5, 5.41) is -0.229. The second kappa shape index (κ2) is 5.77. The molecule has 0 radical (unpaired) electrons. The smallest absolute Gasteiger partial charge is 0.182 e. The lowest BCUT2D eigenvalue weighted by Gasteiger charge is -2.44. The number of nitrogens with zero attached hydrogens (tertiary/aromatic N) is 1. The summed E-state index contributed by atoms with van der Waals surface area (Å²) in [6.45, 7) is 2.82. The topological polar surface area (TPSA) is 37.4 Å². The van der Waals surface area contributed by atoms with Crippen molar-refractivity contribution in [1.29, 1.82) is 0 Å². The molecule has 0 saturated carbocycles. The number of hydrogen-bond donors (Lipinski definition) is 0. The minimum atomic E-state index is -3.23. The SMILES string of the molecule is O=S(=O)(c1ccc(-c2ccccc2)cc1)C1CN2CCC1CC2. The molecule has 2 aromatic carbocycles. The minimum absolute atomic E-state index is 0.229. The van der Waals surface area contributed by atoms with Crippen LogP contribution >= 0.6 is 0 Å². The van der Waals surface area contributed by atoms with Crippen molar-refractivity contribution in [2.45, 2.75) is 23.0 Å². The first-order chi connectivity index (χ1) is 11.1. The molecule has 3 saturated heterocycles. The first-order valence-electron chi connectivity index (χ1n) is 8.26. The van der Waals surface area contributed by atoms with Crippen LogP contribution in [-0.2, 0) is 9.84 Å². The molecule has 5 rings (SSSR count). The number of fused-ring (bicyclic) bond motifs is 3. The molecule has 3 fully saturated rings. The standard InChI is InChI=1S/C19H21NO2S/c21-23(22,19-14-20-12-10-17(19)11-13-20)18-8-6-16(7-9-18)15-4-2-1-3-5-15/h1-9,17,19H,10-14H2. The van der Waals surface area contributed by atoms with Gasteiger partial charge < -0.3 is 4.90 Å². The largest absolute Gasteiger partial charge is 0.302 e. The molecule has 3 aliphatic heterocycles. The molecule has 1 unspecified atom stereocenters. The van der Waals surface area contributed by atoms with Crippen LogP contribution in [0.2, 0.25) is 0 Å². The fourth-order valence-corrected chi connectivity index (χ4v) is 5.96. The van der Waals surface area contributed by atoms with Gasteiger partial charge in [0.05, 0.1) is 10.1 Å². The van der Waals surface area contributed by atoms with Crippen molar-refractivity contribution in [1.82, 2.24) is 4.90 Å². The Hall–Kier alpha value is -1.65.